The number of nitrogens with one attached hydrogen (secondary N) is 1. The highest BCUT2D eigenvalue weighted by Gasteiger charge is 2.25. The average molecular weight is 398 g/mol. The Hall–Kier alpha value is -2.56. The Kier molecular flexibility index (Phi) is 5.68. The maximum absolute atomic E-state index is 14.7. The first-order chi connectivity index (χ1) is 12.9. The standard InChI is InChI=1S/C17H13F3N2O4S/c18-11-6-9(2-1-5-22-27(24)25)15(19)14(16(11)20)17(23)10-3-4-12-13(7-10)26-8-21-12/h3-4,6-8,22H,1-2,5H2,(H,24,25). The smallest absolute Gasteiger partial charge is 0.231 e. The van der Waals surface area contributed by atoms with Gasteiger partial charge in [0.2, 0.25) is 11.3 Å². The molecule has 0 aliphatic heterocycles. The molecule has 10 heteroatoms. The van der Waals surface area contributed by atoms with Crippen LogP contribution in [0.15, 0.2) is 35.1 Å². The average Bonchev–Trinajstić information content (AvgIpc) is 3.10. The SMILES string of the molecule is O=C(c1ccc2ncoc2c1)c1c(F)c(F)cc(CCCNS(=O)O)c1F. The predicted molar refractivity (Wildman–Crippen MR) is 90.9 cm³/mol. The van der Waals surface area contributed by atoms with Crippen molar-refractivity contribution in [1.29, 1.82) is 0 Å². The number of hydrogen-bond donors (Lipinski definition) is 2. The number of fused-ring (bicyclic) bond motifs is 1. The minimum absolute atomic E-state index is 0.0486. The van der Waals surface area contributed by atoms with Crippen LogP contribution in [0.3, 0.4) is 0 Å². The number of hydrogen-bond acceptors (Lipinski definition) is 4. The van der Waals surface area contributed by atoms with Crippen molar-refractivity contribution in [3.8, 4) is 0 Å². The van der Waals surface area contributed by atoms with Crippen LogP contribution in [0.4, 0.5) is 13.2 Å². The molecule has 1 atom stereocenters. The Labute approximate surface area is 153 Å². The molecule has 142 valence electrons. The zero-order valence-electron chi connectivity index (χ0n) is 13.7. The van der Waals surface area contributed by atoms with Crippen molar-refractivity contribution in [2.24, 2.45) is 0 Å². The van der Waals surface area contributed by atoms with Gasteiger partial charge in [-0.1, -0.05) is 0 Å². The molecule has 0 amide bonds. The fourth-order valence-corrected chi connectivity index (χ4v) is 2.94. The van der Waals surface area contributed by atoms with Crippen LogP contribution in [-0.4, -0.2) is 26.1 Å². The molecule has 0 bridgehead atoms. The molecule has 0 radical (unpaired) electrons. The fraction of sp³-hybridized carbons (Fsp3) is 0.176. The Morgan fingerprint density at radius 1 is 1.22 bits per heavy atom. The topological polar surface area (TPSA) is 92.4 Å². The number of aryl methyl sites for hydroxylation is 1. The van der Waals surface area contributed by atoms with E-state index in [1.165, 1.54) is 18.2 Å². The van der Waals surface area contributed by atoms with E-state index < -0.39 is 40.1 Å². The minimum Gasteiger partial charge on any atom is -0.443 e. The largest absolute Gasteiger partial charge is 0.443 e. The first-order valence-corrected chi connectivity index (χ1v) is 8.88. The summed E-state index contributed by atoms with van der Waals surface area (Å²) in [6, 6.07) is 4.71. The molecule has 3 aromatic rings. The molecule has 0 aliphatic carbocycles. The summed E-state index contributed by atoms with van der Waals surface area (Å²) >= 11 is -2.23. The number of rotatable bonds is 7. The lowest BCUT2D eigenvalue weighted by Crippen LogP contribution is -2.18. The van der Waals surface area contributed by atoms with E-state index in [4.69, 9.17) is 8.97 Å². The number of carbonyl (C=O) groups is 1. The molecule has 0 fully saturated rings. The van der Waals surface area contributed by atoms with Crippen LogP contribution in [0.2, 0.25) is 0 Å². The van der Waals surface area contributed by atoms with Crippen LogP contribution >= 0.6 is 0 Å². The summed E-state index contributed by atoms with van der Waals surface area (Å²) in [6.07, 6.45) is 1.27. The minimum atomic E-state index is -2.23. The zero-order chi connectivity index (χ0) is 19.6. The predicted octanol–water partition coefficient (Wildman–Crippen LogP) is 3.14. The first kappa shape index (κ1) is 19.2. The number of halogens is 3. The quantitative estimate of drug-likeness (QED) is 0.276. The van der Waals surface area contributed by atoms with Gasteiger partial charge in [-0.05, 0) is 42.7 Å². The normalized spacial score (nSPS) is 12.4. The van der Waals surface area contributed by atoms with Gasteiger partial charge < -0.3 is 4.42 Å². The third kappa shape index (κ3) is 4.07. The molecule has 0 saturated carbocycles. The van der Waals surface area contributed by atoms with Crippen LogP contribution in [0.5, 0.6) is 0 Å². The summed E-state index contributed by atoms with van der Waals surface area (Å²) in [5.74, 6) is -5.12. The molecule has 3 rings (SSSR count). The molecular formula is C17H13F3N2O4S. The summed E-state index contributed by atoms with van der Waals surface area (Å²) in [5.41, 5.74) is -0.570. The van der Waals surface area contributed by atoms with Crippen LogP contribution in [-0.2, 0) is 17.7 Å². The lowest BCUT2D eigenvalue weighted by atomic mass is 9.97. The van der Waals surface area contributed by atoms with E-state index in [9.17, 15) is 22.2 Å². The van der Waals surface area contributed by atoms with Crippen LogP contribution in [0.25, 0.3) is 11.1 Å². The second-order valence-corrected chi connectivity index (χ2v) is 6.42. The van der Waals surface area contributed by atoms with Crippen molar-refractivity contribution >= 4 is 28.1 Å². The van der Waals surface area contributed by atoms with Gasteiger partial charge in [-0.15, -0.1) is 0 Å². The third-order valence-electron chi connectivity index (χ3n) is 3.90. The molecule has 27 heavy (non-hydrogen) atoms. The van der Waals surface area contributed by atoms with E-state index in [0.717, 1.165) is 6.39 Å². The van der Waals surface area contributed by atoms with Crippen molar-refractivity contribution < 1.29 is 31.1 Å². The van der Waals surface area contributed by atoms with Crippen LogP contribution < -0.4 is 4.72 Å². The Morgan fingerprint density at radius 3 is 2.74 bits per heavy atom. The van der Waals surface area contributed by atoms with E-state index >= 15 is 0 Å². The number of nitrogens with zero attached hydrogens (tertiary/aromatic N) is 1. The maximum atomic E-state index is 14.7. The number of aromatic nitrogens is 1. The monoisotopic (exact) mass is 398 g/mol. The molecule has 2 N–H and O–H groups in total. The maximum Gasteiger partial charge on any atom is 0.231 e. The molecule has 0 saturated heterocycles. The summed E-state index contributed by atoms with van der Waals surface area (Å²) in [5, 5.41) is 0. The Morgan fingerprint density at radius 2 is 2.00 bits per heavy atom. The van der Waals surface area contributed by atoms with E-state index in [2.05, 4.69) is 9.71 Å². The van der Waals surface area contributed by atoms with Gasteiger partial charge in [0.05, 0.1) is 5.56 Å². The van der Waals surface area contributed by atoms with Gasteiger partial charge >= 0.3 is 0 Å². The highest BCUT2D eigenvalue weighted by Crippen LogP contribution is 2.25. The van der Waals surface area contributed by atoms with E-state index in [0.29, 0.717) is 11.6 Å². The van der Waals surface area contributed by atoms with Crippen molar-refractivity contribution in [2.75, 3.05) is 6.54 Å². The van der Waals surface area contributed by atoms with E-state index in [1.54, 1.807) is 0 Å². The fourth-order valence-electron chi connectivity index (χ4n) is 2.62. The summed E-state index contributed by atoms with van der Waals surface area (Å²) in [7, 11) is 0. The molecule has 0 aliphatic rings. The second-order valence-electron chi connectivity index (χ2n) is 5.63. The molecule has 1 unspecified atom stereocenters. The third-order valence-corrected chi connectivity index (χ3v) is 4.35. The second kappa shape index (κ2) is 7.99. The summed E-state index contributed by atoms with van der Waals surface area (Å²) < 4.78 is 69.1. The highest BCUT2D eigenvalue weighted by molar-refractivity contribution is 7.77. The number of oxazole rings is 1. The van der Waals surface area contributed by atoms with Gasteiger partial charge in [0.15, 0.2) is 29.4 Å². The zero-order valence-corrected chi connectivity index (χ0v) is 14.5. The van der Waals surface area contributed by atoms with Crippen molar-refractivity contribution in [1.82, 2.24) is 9.71 Å². The number of benzene rings is 2. The molecule has 6 nitrogen and oxygen atoms in total. The Bertz CT molecular complexity index is 1040. The van der Waals surface area contributed by atoms with Gasteiger partial charge in [0.25, 0.3) is 0 Å². The summed E-state index contributed by atoms with van der Waals surface area (Å²) in [6.45, 7) is 0.0486. The molecule has 1 heterocycles. The van der Waals surface area contributed by atoms with Gasteiger partial charge in [-0.2, -0.15) is 0 Å². The van der Waals surface area contributed by atoms with Crippen molar-refractivity contribution in [3.05, 3.63) is 64.8 Å². The van der Waals surface area contributed by atoms with Crippen molar-refractivity contribution in [2.45, 2.75) is 12.8 Å². The first-order valence-electron chi connectivity index (χ1n) is 7.77. The van der Waals surface area contributed by atoms with Gasteiger partial charge in [0.1, 0.15) is 11.3 Å². The molecule has 1 aromatic heterocycles. The van der Waals surface area contributed by atoms with Gasteiger partial charge in [-0.3, -0.25) is 9.35 Å². The van der Waals surface area contributed by atoms with Gasteiger partial charge in [0, 0.05) is 12.1 Å². The lowest BCUT2D eigenvalue weighted by molar-refractivity contribution is 0.102. The molecular weight excluding hydrogens is 385 g/mol. The Balaban J connectivity index is 1.93. The summed E-state index contributed by atoms with van der Waals surface area (Å²) in [4.78, 5) is 16.5. The molecule has 2 aromatic carbocycles. The lowest BCUT2D eigenvalue weighted by Gasteiger charge is -2.10. The van der Waals surface area contributed by atoms with Crippen molar-refractivity contribution in [3.63, 3.8) is 0 Å². The molecule has 0 spiro atoms. The van der Waals surface area contributed by atoms with E-state index in [1.807, 2.05) is 0 Å². The van der Waals surface area contributed by atoms with Gasteiger partial charge in [-0.25, -0.2) is 27.1 Å². The highest BCUT2D eigenvalue weighted by atomic mass is 32.2. The number of ketones is 1. The van der Waals surface area contributed by atoms with Crippen LogP contribution in [0, 0.1) is 17.5 Å². The van der Waals surface area contributed by atoms with Crippen LogP contribution in [0.1, 0.15) is 27.9 Å². The van der Waals surface area contributed by atoms with E-state index in [-0.39, 0.29) is 36.1 Å². The number of carbonyl (C=O) groups excluding carboxylic acids is 1.